The number of H-pyrrole nitrogens is 2. The number of aromatic nitrogens is 2. The second-order valence-corrected chi connectivity index (χ2v) is 3.91. The Kier molecular flexibility index (Phi) is 3.43. The monoisotopic (exact) mass is 290 g/mol. The summed E-state index contributed by atoms with van der Waals surface area (Å²) in [7, 11) is 0. The van der Waals surface area contributed by atoms with Crippen LogP contribution in [-0.2, 0) is 6.18 Å². The van der Waals surface area contributed by atoms with Crippen LogP contribution >= 0.6 is 11.6 Å². The van der Waals surface area contributed by atoms with Crippen LogP contribution in [0.3, 0.4) is 0 Å². The van der Waals surface area contributed by atoms with E-state index < -0.39 is 23.1 Å². The lowest BCUT2D eigenvalue weighted by Crippen LogP contribution is -2.06. The zero-order valence-corrected chi connectivity index (χ0v) is 9.88. The van der Waals surface area contributed by atoms with Crippen molar-refractivity contribution in [2.75, 3.05) is 0 Å². The molecule has 0 radical (unpaired) electrons. The molecule has 0 aliphatic rings. The summed E-state index contributed by atoms with van der Waals surface area (Å²) in [6, 6.07) is 5.92. The first-order valence-electron chi connectivity index (χ1n) is 4.93. The van der Waals surface area contributed by atoms with E-state index in [-0.39, 0.29) is 5.69 Å². The summed E-state index contributed by atoms with van der Waals surface area (Å²) >= 11 is 5.64. The van der Waals surface area contributed by atoms with Crippen LogP contribution in [0.2, 0.25) is 5.02 Å². The molecule has 0 aliphatic carbocycles. The lowest BCUT2D eigenvalue weighted by atomic mass is 10.3. The number of nitrogens with zero attached hydrogens (tertiary/aromatic N) is 2. The molecule has 1 aromatic carbocycles. The second kappa shape index (κ2) is 4.88. The third kappa shape index (κ3) is 3.02. The van der Waals surface area contributed by atoms with Gasteiger partial charge in [0.25, 0.3) is 5.56 Å². The summed E-state index contributed by atoms with van der Waals surface area (Å²) < 4.78 is 37.6. The highest BCUT2D eigenvalue weighted by Gasteiger charge is 2.37. The van der Waals surface area contributed by atoms with Gasteiger partial charge in [0.1, 0.15) is 0 Å². The Hall–Kier alpha value is -2.09. The third-order valence-corrected chi connectivity index (χ3v) is 2.38. The molecule has 0 atom stereocenters. The maximum absolute atomic E-state index is 12.5. The van der Waals surface area contributed by atoms with Gasteiger partial charge in [-0.3, -0.25) is 15.0 Å². The molecule has 19 heavy (non-hydrogen) atoms. The number of halogens is 4. The SMILES string of the molecule is O=c1[nH][nH]c(C(F)(F)F)c1N=Nc1ccc(Cl)cc1. The Balaban J connectivity index is 2.36. The second-order valence-electron chi connectivity index (χ2n) is 3.48. The number of hydrogen-bond acceptors (Lipinski definition) is 3. The van der Waals surface area contributed by atoms with Crippen molar-refractivity contribution in [3.8, 4) is 0 Å². The molecule has 0 fully saturated rings. The molecule has 1 aromatic heterocycles. The average molecular weight is 291 g/mol. The van der Waals surface area contributed by atoms with Crippen molar-refractivity contribution in [1.82, 2.24) is 10.2 Å². The highest BCUT2D eigenvalue weighted by molar-refractivity contribution is 6.30. The minimum Gasteiger partial charge on any atom is -0.292 e. The maximum Gasteiger partial charge on any atom is 0.435 e. The largest absolute Gasteiger partial charge is 0.435 e. The molecule has 0 aliphatic heterocycles. The highest BCUT2D eigenvalue weighted by atomic mass is 35.5. The van der Waals surface area contributed by atoms with Gasteiger partial charge in [-0.2, -0.15) is 18.3 Å². The molecule has 0 unspecified atom stereocenters. The first kappa shape index (κ1) is 13.3. The molecule has 5 nitrogen and oxygen atoms in total. The van der Waals surface area contributed by atoms with E-state index in [1.165, 1.54) is 24.3 Å². The predicted octanol–water partition coefficient (Wildman–Crippen LogP) is 3.79. The number of aromatic amines is 2. The molecule has 0 amide bonds. The normalized spacial score (nSPS) is 12.2. The molecular weight excluding hydrogens is 285 g/mol. The Morgan fingerprint density at radius 2 is 1.68 bits per heavy atom. The number of azo groups is 1. The van der Waals surface area contributed by atoms with E-state index in [9.17, 15) is 18.0 Å². The number of benzene rings is 1. The van der Waals surface area contributed by atoms with E-state index in [2.05, 4.69) is 10.2 Å². The molecule has 0 spiro atoms. The van der Waals surface area contributed by atoms with Crippen LogP contribution in [0.15, 0.2) is 39.3 Å². The molecule has 1 heterocycles. The van der Waals surface area contributed by atoms with E-state index in [0.29, 0.717) is 5.02 Å². The summed E-state index contributed by atoms with van der Waals surface area (Å²) in [5.74, 6) is 0. The van der Waals surface area contributed by atoms with Gasteiger partial charge in [-0.05, 0) is 24.3 Å². The fourth-order valence-corrected chi connectivity index (χ4v) is 1.39. The van der Waals surface area contributed by atoms with Crippen LogP contribution in [0.1, 0.15) is 5.69 Å². The first-order valence-corrected chi connectivity index (χ1v) is 5.31. The van der Waals surface area contributed by atoms with E-state index in [1.54, 1.807) is 5.10 Å². The van der Waals surface area contributed by atoms with Crippen molar-refractivity contribution in [1.29, 1.82) is 0 Å². The quantitative estimate of drug-likeness (QED) is 0.811. The summed E-state index contributed by atoms with van der Waals surface area (Å²) in [4.78, 5) is 11.2. The van der Waals surface area contributed by atoms with Crippen molar-refractivity contribution >= 4 is 23.0 Å². The zero-order valence-electron chi connectivity index (χ0n) is 9.12. The molecule has 9 heteroatoms. The van der Waals surface area contributed by atoms with E-state index in [1.807, 2.05) is 5.10 Å². The van der Waals surface area contributed by atoms with E-state index >= 15 is 0 Å². The van der Waals surface area contributed by atoms with Crippen molar-refractivity contribution in [3.05, 3.63) is 45.3 Å². The predicted molar refractivity (Wildman–Crippen MR) is 62.0 cm³/mol. The standard InChI is InChI=1S/C10H6ClF3N4O/c11-5-1-3-6(4-2-5)15-16-7-8(10(12,13)14)17-18-9(7)19/h1-4H,(H2,17,18,19). The molecule has 0 saturated carbocycles. The summed E-state index contributed by atoms with van der Waals surface area (Å²) in [5, 5.41) is 10.9. The Bertz CT molecular complexity index is 657. The molecule has 2 N–H and O–H groups in total. The van der Waals surface area contributed by atoms with Gasteiger partial charge >= 0.3 is 6.18 Å². The number of hydrogen-bond donors (Lipinski definition) is 2. The first-order chi connectivity index (χ1) is 8.88. The van der Waals surface area contributed by atoms with Gasteiger partial charge in [-0.15, -0.1) is 5.11 Å². The minimum atomic E-state index is -4.71. The van der Waals surface area contributed by atoms with Crippen molar-refractivity contribution < 1.29 is 13.2 Å². The van der Waals surface area contributed by atoms with E-state index in [4.69, 9.17) is 11.6 Å². The fourth-order valence-electron chi connectivity index (χ4n) is 1.27. The average Bonchev–Trinajstić information content (AvgIpc) is 2.70. The van der Waals surface area contributed by atoms with Crippen LogP contribution in [-0.4, -0.2) is 10.2 Å². The molecule has 2 aromatic rings. The number of nitrogens with one attached hydrogen (secondary N) is 2. The smallest absolute Gasteiger partial charge is 0.292 e. The summed E-state index contributed by atoms with van der Waals surface area (Å²) in [6.45, 7) is 0. The Morgan fingerprint density at radius 3 is 2.26 bits per heavy atom. The summed E-state index contributed by atoms with van der Waals surface area (Å²) in [6.07, 6.45) is -4.71. The van der Waals surface area contributed by atoms with Gasteiger partial charge in [0.15, 0.2) is 11.4 Å². The number of rotatable bonds is 2. The van der Waals surface area contributed by atoms with Crippen LogP contribution in [0.25, 0.3) is 0 Å². The van der Waals surface area contributed by atoms with Crippen LogP contribution in [0.4, 0.5) is 24.5 Å². The molecule has 100 valence electrons. The third-order valence-electron chi connectivity index (χ3n) is 2.13. The van der Waals surface area contributed by atoms with Crippen molar-refractivity contribution in [3.63, 3.8) is 0 Å². The Labute approximate surface area is 109 Å². The van der Waals surface area contributed by atoms with Gasteiger partial charge in [-0.1, -0.05) is 11.6 Å². The molecule has 0 saturated heterocycles. The number of alkyl halides is 3. The molecular formula is C10H6ClF3N4O. The Morgan fingerprint density at radius 1 is 1.05 bits per heavy atom. The van der Waals surface area contributed by atoms with Gasteiger partial charge in [0, 0.05) is 5.02 Å². The van der Waals surface area contributed by atoms with Crippen LogP contribution < -0.4 is 5.56 Å². The van der Waals surface area contributed by atoms with Crippen molar-refractivity contribution in [2.45, 2.75) is 6.18 Å². The highest BCUT2D eigenvalue weighted by Crippen LogP contribution is 2.33. The topological polar surface area (TPSA) is 73.4 Å². The van der Waals surface area contributed by atoms with Gasteiger partial charge in [0.05, 0.1) is 5.69 Å². The minimum absolute atomic E-state index is 0.276. The van der Waals surface area contributed by atoms with Crippen LogP contribution in [0, 0.1) is 0 Å². The lowest BCUT2D eigenvalue weighted by Gasteiger charge is -2.02. The van der Waals surface area contributed by atoms with Gasteiger partial charge in [0.2, 0.25) is 0 Å². The maximum atomic E-state index is 12.5. The lowest BCUT2D eigenvalue weighted by molar-refractivity contribution is -0.140. The van der Waals surface area contributed by atoms with Gasteiger partial charge in [-0.25, -0.2) is 0 Å². The van der Waals surface area contributed by atoms with Gasteiger partial charge < -0.3 is 0 Å². The molecule has 0 bridgehead atoms. The fraction of sp³-hybridized carbons (Fsp3) is 0.100. The van der Waals surface area contributed by atoms with Crippen LogP contribution in [0.5, 0.6) is 0 Å². The van der Waals surface area contributed by atoms with Crippen molar-refractivity contribution in [2.24, 2.45) is 10.2 Å². The molecule has 2 rings (SSSR count). The van der Waals surface area contributed by atoms with E-state index in [0.717, 1.165) is 0 Å². The zero-order chi connectivity index (χ0) is 14.0. The summed E-state index contributed by atoms with van der Waals surface area (Å²) in [5.41, 5.74) is -2.80.